The maximum absolute atomic E-state index is 10.5. The van der Waals surface area contributed by atoms with E-state index in [0.29, 0.717) is 6.54 Å². The highest BCUT2D eigenvalue weighted by molar-refractivity contribution is 5.87. The van der Waals surface area contributed by atoms with E-state index in [4.69, 9.17) is 5.11 Å². The maximum Gasteiger partial charge on any atom is 0.305 e. The largest absolute Gasteiger partial charge is 0.481 e. The van der Waals surface area contributed by atoms with Crippen LogP contribution >= 0.6 is 0 Å². The third kappa shape index (κ3) is 1.95. The molecule has 2 heterocycles. The number of anilines is 1. The lowest BCUT2D eigenvalue weighted by Gasteiger charge is -2.17. The Labute approximate surface area is 91.9 Å². The number of H-pyrrole nitrogens is 1. The summed E-state index contributed by atoms with van der Waals surface area (Å²) in [4.78, 5) is 23.5. The van der Waals surface area contributed by atoms with Gasteiger partial charge in [0.15, 0.2) is 0 Å². The van der Waals surface area contributed by atoms with E-state index in [1.807, 2.05) is 18.0 Å². The Hall–Kier alpha value is -2.11. The summed E-state index contributed by atoms with van der Waals surface area (Å²) >= 11 is 0. The molecule has 2 aromatic heterocycles. The molecule has 0 aliphatic rings. The van der Waals surface area contributed by atoms with Gasteiger partial charge >= 0.3 is 5.97 Å². The summed E-state index contributed by atoms with van der Waals surface area (Å²) in [6.45, 7) is 0.423. The minimum absolute atomic E-state index is 0.0897. The Morgan fingerprint density at radius 1 is 1.56 bits per heavy atom. The van der Waals surface area contributed by atoms with Crippen molar-refractivity contribution in [1.29, 1.82) is 0 Å². The zero-order valence-corrected chi connectivity index (χ0v) is 8.84. The number of aromatic nitrogens is 3. The summed E-state index contributed by atoms with van der Waals surface area (Å²) in [6, 6.07) is 1.88. The summed E-state index contributed by atoms with van der Waals surface area (Å²) in [5.74, 6) is -0.0706. The highest BCUT2D eigenvalue weighted by atomic mass is 16.4. The first kappa shape index (κ1) is 10.4. The van der Waals surface area contributed by atoms with Crippen LogP contribution in [0.3, 0.4) is 0 Å². The van der Waals surface area contributed by atoms with Crippen LogP contribution < -0.4 is 4.90 Å². The number of carboxylic acids is 1. The quantitative estimate of drug-likeness (QED) is 0.798. The van der Waals surface area contributed by atoms with Crippen LogP contribution in [0, 0.1) is 0 Å². The molecule has 0 aromatic carbocycles. The van der Waals surface area contributed by atoms with Gasteiger partial charge in [0.25, 0.3) is 0 Å². The molecule has 0 aliphatic carbocycles. The van der Waals surface area contributed by atoms with Crippen molar-refractivity contribution >= 4 is 22.8 Å². The Morgan fingerprint density at radius 3 is 3.12 bits per heavy atom. The van der Waals surface area contributed by atoms with Gasteiger partial charge < -0.3 is 15.0 Å². The van der Waals surface area contributed by atoms with Crippen LogP contribution in [0.1, 0.15) is 6.42 Å². The van der Waals surface area contributed by atoms with E-state index in [9.17, 15) is 4.79 Å². The van der Waals surface area contributed by atoms with Gasteiger partial charge in [0.1, 0.15) is 17.8 Å². The third-order valence-electron chi connectivity index (χ3n) is 2.36. The molecule has 0 fully saturated rings. The van der Waals surface area contributed by atoms with Gasteiger partial charge in [-0.05, 0) is 6.07 Å². The average Bonchev–Trinajstić information content (AvgIpc) is 2.73. The highest BCUT2D eigenvalue weighted by Gasteiger charge is 2.10. The molecule has 0 bridgehead atoms. The Morgan fingerprint density at radius 2 is 2.38 bits per heavy atom. The lowest BCUT2D eigenvalue weighted by atomic mass is 10.3. The number of carboxylic acid groups (broad SMARTS) is 1. The minimum Gasteiger partial charge on any atom is -0.481 e. The van der Waals surface area contributed by atoms with Gasteiger partial charge in [-0.1, -0.05) is 0 Å². The minimum atomic E-state index is -0.814. The predicted molar refractivity (Wildman–Crippen MR) is 59.4 cm³/mol. The molecular weight excluding hydrogens is 208 g/mol. The fourth-order valence-corrected chi connectivity index (χ4v) is 1.53. The molecule has 16 heavy (non-hydrogen) atoms. The number of nitrogens with zero attached hydrogens (tertiary/aromatic N) is 3. The number of hydrogen-bond donors (Lipinski definition) is 2. The van der Waals surface area contributed by atoms with E-state index in [1.165, 1.54) is 6.33 Å². The summed E-state index contributed by atoms with van der Waals surface area (Å²) in [6.07, 6.45) is 3.34. The Balaban J connectivity index is 2.25. The maximum atomic E-state index is 10.5. The van der Waals surface area contributed by atoms with Crippen molar-refractivity contribution in [3.05, 3.63) is 18.6 Å². The molecule has 2 aromatic rings. The fraction of sp³-hybridized carbons (Fsp3) is 0.300. The van der Waals surface area contributed by atoms with Crippen LogP contribution in [0.4, 0.5) is 5.82 Å². The van der Waals surface area contributed by atoms with Crippen molar-refractivity contribution in [3.63, 3.8) is 0 Å². The number of fused-ring (bicyclic) bond motifs is 1. The summed E-state index contributed by atoms with van der Waals surface area (Å²) in [7, 11) is 1.82. The number of hydrogen-bond acceptors (Lipinski definition) is 4. The second-order valence-corrected chi connectivity index (χ2v) is 3.50. The van der Waals surface area contributed by atoms with E-state index in [0.717, 1.165) is 16.9 Å². The lowest BCUT2D eigenvalue weighted by Crippen LogP contribution is -2.22. The average molecular weight is 220 g/mol. The summed E-state index contributed by atoms with van der Waals surface area (Å²) in [5.41, 5.74) is 0.757. The molecule has 2 rings (SSSR count). The Bertz CT molecular complexity index is 508. The lowest BCUT2D eigenvalue weighted by molar-refractivity contribution is -0.136. The van der Waals surface area contributed by atoms with E-state index in [-0.39, 0.29) is 6.42 Å². The molecular formula is C10H12N4O2. The van der Waals surface area contributed by atoms with Gasteiger partial charge in [0.05, 0.1) is 11.8 Å². The topological polar surface area (TPSA) is 82.1 Å². The number of nitrogens with one attached hydrogen (secondary N) is 1. The standard InChI is InChI=1S/C10H12N4O2/c1-14(5-3-8(15)16)10-7-2-4-11-9(7)12-6-13-10/h2,4,6H,3,5H2,1H3,(H,15,16)(H,11,12,13). The molecule has 0 unspecified atom stereocenters. The van der Waals surface area contributed by atoms with Crippen molar-refractivity contribution in [2.24, 2.45) is 0 Å². The van der Waals surface area contributed by atoms with Crippen LogP contribution in [-0.4, -0.2) is 39.6 Å². The molecule has 2 N–H and O–H groups in total. The smallest absolute Gasteiger partial charge is 0.305 e. The number of aliphatic carboxylic acids is 1. The first-order valence-corrected chi connectivity index (χ1v) is 4.89. The summed E-state index contributed by atoms with van der Waals surface area (Å²) in [5, 5.41) is 9.52. The van der Waals surface area contributed by atoms with Crippen LogP contribution in [-0.2, 0) is 4.79 Å². The zero-order valence-electron chi connectivity index (χ0n) is 8.84. The number of carbonyl (C=O) groups is 1. The number of aromatic amines is 1. The van der Waals surface area contributed by atoms with Crippen LogP contribution in [0.25, 0.3) is 11.0 Å². The first-order valence-electron chi connectivity index (χ1n) is 4.89. The normalized spacial score (nSPS) is 10.6. The first-order chi connectivity index (χ1) is 7.68. The molecule has 0 amide bonds. The van der Waals surface area contributed by atoms with E-state index in [1.54, 1.807) is 6.20 Å². The van der Waals surface area contributed by atoms with Gasteiger partial charge in [-0.2, -0.15) is 0 Å². The van der Waals surface area contributed by atoms with Crippen molar-refractivity contribution in [1.82, 2.24) is 15.0 Å². The second-order valence-electron chi connectivity index (χ2n) is 3.50. The van der Waals surface area contributed by atoms with Crippen LogP contribution in [0.2, 0.25) is 0 Å². The van der Waals surface area contributed by atoms with E-state index >= 15 is 0 Å². The second kappa shape index (κ2) is 4.18. The molecule has 6 nitrogen and oxygen atoms in total. The van der Waals surface area contributed by atoms with Gasteiger partial charge in [0, 0.05) is 19.8 Å². The predicted octanol–water partition coefficient (Wildman–Crippen LogP) is 0.869. The van der Waals surface area contributed by atoms with E-state index in [2.05, 4.69) is 15.0 Å². The van der Waals surface area contributed by atoms with E-state index < -0.39 is 5.97 Å². The van der Waals surface area contributed by atoms with Gasteiger partial charge in [-0.15, -0.1) is 0 Å². The zero-order chi connectivity index (χ0) is 11.5. The molecule has 0 atom stereocenters. The monoisotopic (exact) mass is 220 g/mol. The molecule has 0 spiro atoms. The van der Waals surface area contributed by atoms with Crippen LogP contribution in [0.5, 0.6) is 0 Å². The SMILES string of the molecule is CN(CCC(=O)O)c1ncnc2[nH]ccc12. The van der Waals surface area contributed by atoms with Crippen molar-refractivity contribution in [3.8, 4) is 0 Å². The van der Waals surface area contributed by atoms with Gasteiger partial charge in [-0.3, -0.25) is 4.79 Å². The summed E-state index contributed by atoms with van der Waals surface area (Å²) < 4.78 is 0. The molecule has 0 radical (unpaired) electrons. The number of rotatable bonds is 4. The molecule has 84 valence electrons. The molecule has 0 saturated heterocycles. The van der Waals surface area contributed by atoms with Gasteiger partial charge in [-0.25, -0.2) is 9.97 Å². The fourth-order valence-electron chi connectivity index (χ4n) is 1.53. The highest BCUT2D eigenvalue weighted by Crippen LogP contribution is 2.20. The third-order valence-corrected chi connectivity index (χ3v) is 2.36. The Kier molecular flexibility index (Phi) is 2.72. The van der Waals surface area contributed by atoms with Crippen molar-refractivity contribution in [2.45, 2.75) is 6.42 Å². The van der Waals surface area contributed by atoms with Gasteiger partial charge in [0.2, 0.25) is 0 Å². The molecule has 0 saturated carbocycles. The molecule has 6 heteroatoms. The van der Waals surface area contributed by atoms with Crippen molar-refractivity contribution < 1.29 is 9.90 Å². The van der Waals surface area contributed by atoms with Crippen molar-refractivity contribution in [2.75, 3.05) is 18.5 Å². The molecule has 0 aliphatic heterocycles. The van der Waals surface area contributed by atoms with Crippen LogP contribution in [0.15, 0.2) is 18.6 Å².